The summed E-state index contributed by atoms with van der Waals surface area (Å²) in [6, 6.07) is 71.0. The molecule has 0 unspecified atom stereocenters. The number of thiophene rings is 1. The van der Waals surface area contributed by atoms with Gasteiger partial charge in [0.1, 0.15) is 0 Å². The molecular weight excluding hydrogens is 661 g/mol. The van der Waals surface area contributed by atoms with Crippen molar-refractivity contribution >= 4 is 91.9 Å². The molecule has 0 bridgehead atoms. The Morgan fingerprint density at radius 2 is 1.13 bits per heavy atom. The molecule has 0 amide bonds. The molecule has 0 saturated carbocycles. The van der Waals surface area contributed by atoms with Crippen LogP contribution in [0.5, 0.6) is 0 Å². The molecule has 11 rings (SSSR count). The third-order valence-corrected chi connectivity index (χ3v) is 11.9. The van der Waals surface area contributed by atoms with E-state index in [0.717, 1.165) is 17.1 Å². The first-order chi connectivity index (χ1) is 26.3. The number of benzene rings is 9. The van der Waals surface area contributed by atoms with Gasteiger partial charge in [-0.15, -0.1) is 11.3 Å². The Hall–Kier alpha value is -6.68. The molecule has 3 heteroatoms. The molecule has 53 heavy (non-hydrogen) atoms. The highest BCUT2D eigenvalue weighted by atomic mass is 32.1. The average Bonchev–Trinajstić information content (AvgIpc) is 3.78. The SMILES string of the molecule is c1ccc(N(c2ccc3c(c2)c2c(-c4ccc5ccccc5c4)cc4ccccc4c2n3-c2ccccc2)c2cccc3c2sc2ccccc23)cc1. The molecule has 0 spiro atoms. The van der Waals surface area contributed by atoms with Gasteiger partial charge in [0, 0.05) is 48.7 Å². The Labute approximate surface area is 311 Å². The summed E-state index contributed by atoms with van der Waals surface area (Å²) in [7, 11) is 0. The Morgan fingerprint density at radius 3 is 1.98 bits per heavy atom. The Bertz CT molecular complexity index is 3170. The van der Waals surface area contributed by atoms with Crippen molar-refractivity contribution in [2.45, 2.75) is 0 Å². The highest BCUT2D eigenvalue weighted by Gasteiger charge is 2.23. The number of nitrogens with zero attached hydrogens (tertiary/aromatic N) is 2. The molecule has 9 aromatic carbocycles. The van der Waals surface area contributed by atoms with E-state index < -0.39 is 0 Å². The van der Waals surface area contributed by atoms with Crippen LogP contribution in [0.2, 0.25) is 0 Å². The van der Waals surface area contributed by atoms with Gasteiger partial charge in [-0.3, -0.25) is 0 Å². The molecule has 0 N–H and O–H groups in total. The summed E-state index contributed by atoms with van der Waals surface area (Å²) in [6.07, 6.45) is 0. The van der Waals surface area contributed by atoms with E-state index in [-0.39, 0.29) is 0 Å². The minimum Gasteiger partial charge on any atom is -0.309 e. The molecule has 2 aromatic heterocycles. The van der Waals surface area contributed by atoms with Crippen LogP contribution in [0, 0.1) is 0 Å². The number of fused-ring (bicyclic) bond motifs is 9. The Balaban J connectivity index is 1.27. The van der Waals surface area contributed by atoms with E-state index in [4.69, 9.17) is 0 Å². The zero-order valence-electron chi connectivity index (χ0n) is 28.8. The molecule has 11 aromatic rings. The van der Waals surface area contributed by atoms with Crippen LogP contribution in [0.25, 0.3) is 80.3 Å². The van der Waals surface area contributed by atoms with E-state index >= 15 is 0 Å². The normalized spacial score (nSPS) is 11.8. The quantitative estimate of drug-likeness (QED) is 0.174. The predicted molar refractivity (Wildman–Crippen MR) is 229 cm³/mol. The standard InChI is InChI=1S/C50H32N2S/c1-3-17-37(18-4-1)51(46-24-13-23-42-41-22-11-12-25-47(41)53-50(42)46)39-28-29-45-44(32-39)48-43(36-27-26-33-14-7-8-15-34(33)30-36)31-35-16-9-10-21-40(35)49(48)52(45)38-19-5-2-6-20-38/h1-32H. The molecule has 248 valence electrons. The first-order valence-electron chi connectivity index (χ1n) is 18.1. The van der Waals surface area contributed by atoms with Crippen molar-refractivity contribution in [3.63, 3.8) is 0 Å². The maximum Gasteiger partial charge on any atom is 0.0640 e. The lowest BCUT2D eigenvalue weighted by molar-refractivity contribution is 1.18. The highest BCUT2D eigenvalue weighted by molar-refractivity contribution is 7.26. The topological polar surface area (TPSA) is 8.17 Å². The molecule has 0 fully saturated rings. The fourth-order valence-corrected chi connectivity index (χ4v) is 9.56. The van der Waals surface area contributed by atoms with Crippen molar-refractivity contribution in [3.05, 3.63) is 194 Å². The molecule has 0 atom stereocenters. The molecule has 0 aliphatic heterocycles. The number of para-hydroxylation sites is 2. The summed E-state index contributed by atoms with van der Waals surface area (Å²) in [5.41, 5.74) is 9.44. The third kappa shape index (κ3) is 4.71. The third-order valence-electron chi connectivity index (χ3n) is 10.7. The average molecular weight is 693 g/mol. The molecule has 2 heterocycles. The molecule has 0 aliphatic carbocycles. The lowest BCUT2D eigenvalue weighted by Gasteiger charge is -2.26. The minimum atomic E-state index is 1.12. The molecule has 0 radical (unpaired) electrons. The van der Waals surface area contributed by atoms with E-state index in [9.17, 15) is 0 Å². The maximum absolute atomic E-state index is 2.47. The van der Waals surface area contributed by atoms with Crippen LogP contribution in [-0.4, -0.2) is 4.57 Å². The fourth-order valence-electron chi connectivity index (χ4n) is 8.35. The summed E-state index contributed by atoms with van der Waals surface area (Å²) in [5, 5.41) is 10.0. The number of rotatable bonds is 5. The molecule has 0 aliphatic rings. The molecule has 0 saturated heterocycles. The summed E-state index contributed by atoms with van der Waals surface area (Å²) < 4.78 is 5.06. The summed E-state index contributed by atoms with van der Waals surface area (Å²) in [4.78, 5) is 2.44. The first kappa shape index (κ1) is 30.0. The number of hydrogen-bond donors (Lipinski definition) is 0. The maximum atomic E-state index is 2.47. The summed E-state index contributed by atoms with van der Waals surface area (Å²) in [5.74, 6) is 0. The van der Waals surface area contributed by atoms with Crippen molar-refractivity contribution in [2.24, 2.45) is 0 Å². The van der Waals surface area contributed by atoms with Crippen molar-refractivity contribution in [3.8, 4) is 16.8 Å². The number of anilines is 3. The first-order valence-corrected chi connectivity index (χ1v) is 18.9. The fraction of sp³-hybridized carbons (Fsp3) is 0. The summed E-state index contributed by atoms with van der Waals surface area (Å²) in [6.45, 7) is 0. The van der Waals surface area contributed by atoms with Crippen LogP contribution in [0.15, 0.2) is 194 Å². The summed E-state index contributed by atoms with van der Waals surface area (Å²) >= 11 is 1.87. The monoisotopic (exact) mass is 692 g/mol. The van der Waals surface area contributed by atoms with Gasteiger partial charge in [0.2, 0.25) is 0 Å². The van der Waals surface area contributed by atoms with Crippen LogP contribution in [0.1, 0.15) is 0 Å². The van der Waals surface area contributed by atoms with Crippen LogP contribution in [-0.2, 0) is 0 Å². The van der Waals surface area contributed by atoms with Crippen LogP contribution >= 0.6 is 11.3 Å². The van der Waals surface area contributed by atoms with Gasteiger partial charge in [-0.2, -0.15) is 0 Å². The second-order valence-electron chi connectivity index (χ2n) is 13.7. The van der Waals surface area contributed by atoms with E-state index in [0.29, 0.717) is 0 Å². The highest BCUT2D eigenvalue weighted by Crippen LogP contribution is 2.48. The van der Waals surface area contributed by atoms with Crippen molar-refractivity contribution in [1.82, 2.24) is 4.57 Å². The Morgan fingerprint density at radius 1 is 0.434 bits per heavy atom. The van der Waals surface area contributed by atoms with Gasteiger partial charge in [0.15, 0.2) is 0 Å². The van der Waals surface area contributed by atoms with Gasteiger partial charge in [-0.05, 0) is 94.0 Å². The van der Waals surface area contributed by atoms with Crippen molar-refractivity contribution < 1.29 is 0 Å². The lowest BCUT2D eigenvalue weighted by Crippen LogP contribution is -2.10. The van der Waals surface area contributed by atoms with Gasteiger partial charge in [-0.25, -0.2) is 0 Å². The zero-order valence-corrected chi connectivity index (χ0v) is 29.6. The number of hydrogen-bond acceptors (Lipinski definition) is 2. The van der Waals surface area contributed by atoms with E-state index in [1.807, 2.05) is 11.3 Å². The van der Waals surface area contributed by atoms with Gasteiger partial charge in [0.05, 0.1) is 21.4 Å². The second kappa shape index (κ2) is 11.9. The van der Waals surface area contributed by atoms with E-state index in [1.54, 1.807) is 0 Å². The van der Waals surface area contributed by atoms with Gasteiger partial charge < -0.3 is 9.47 Å². The van der Waals surface area contributed by atoms with Crippen molar-refractivity contribution in [2.75, 3.05) is 4.90 Å². The largest absolute Gasteiger partial charge is 0.309 e. The lowest BCUT2D eigenvalue weighted by atomic mass is 9.93. The van der Waals surface area contributed by atoms with Crippen molar-refractivity contribution in [1.29, 1.82) is 0 Å². The zero-order chi connectivity index (χ0) is 34.9. The van der Waals surface area contributed by atoms with Gasteiger partial charge in [-0.1, -0.05) is 127 Å². The molecule has 2 nitrogen and oxygen atoms in total. The Kier molecular flexibility index (Phi) is 6.76. The van der Waals surface area contributed by atoms with Crippen LogP contribution < -0.4 is 4.90 Å². The van der Waals surface area contributed by atoms with E-state index in [1.165, 1.54) is 80.3 Å². The van der Waals surface area contributed by atoms with E-state index in [2.05, 4.69) is 204 Å². The number of aromatic nitrogens is 1. The van der Waals surface area contributed by atoms with Crippen LogP contribution in [0.4, 0.5) is 17.1 Å². The minimum absolute atomic E-state index is 1.12. The molecular formula is C50H32N2S. The van der Waals surface area contributed by atoms with Gasteiger partial charge >= 0.3 is 0 Å². The van der Waals surface area contributed by atoms with Gasteiger partial charge in [0.25, 0.3) is 0 Å². The smallest absolute Gasteiger partial charge is 0.0640 e. The predicted octanol–water partition coefficient (Wildman–Crippen LogP) is 14.6. The van der Waals surface area contributed by atoms with Crippen LogP contribution in [0.3, 0.4) is 0 Å². The second-order valence-corrected chi connectivity index (χ2v) is 14.8.